The predicted octanol–water partition coefficient (Wildman–Crippen LogP) is -0.159. The second-order valence-electron chi connectivity index (χ2n) is 4.43. The molecule has 0 spiro atoms. The van der Waals surface area contributed by atoms with Crippen LogP contribution in [0, 0.1) is 5.41 Å². The van der Waals surface area contributed by atoms with Crippen molar-refractivity contribution in [1.82, 2.24) is 4.72 Å². The number of amidine groups is 1. The molecule has 1 rings (SSSR count). The predicted molar refractivity (Wildman–Crippen MR) is 57.1 cm³/mol. The van der Waals surface area contributed by atoms with Crippen LogP contribution in [-0.4, -0.2) is 31.3 Å². The normalized spacial score (nSPS) is 19.2. The van der Waals surface area contributed by atoms with Crippen molar-refractivity contribution in [2.24, 2.45) is 16.3 Å². The third-order valence-electron chi connectivity index (χ3n) is 2.48. The van der Waals surface area contributed by atoms with Gasteiger partial charge >= 0.3 is 0 Å². The van der Waals surface area contributed by atoms with E-state index in [-0.39, 0.29) is 17.6 Å². The minimum Gasteiger partial charge on any atom is -0.409 e. The van der Waals surface area contributed by atoms with Crippen molar-refractivity contribution in [1.29, 1.82) is 0 Å². The van der Waals surface area contributed by atoms with Crippen molar-refractivity contribution < 1.29 is 13.6 Å². The first kappa shape index (κ1) is 12.3. The summed E-state index contributed by atoms with van der Waals surface area (Å²) in [6, 6.07) is 0. The van der Waals surface area contributed by atoms with E-state index in [9.17, 15) is 8.42 Å². The second-order valence-corrected chi connectivity index (χ2v) is 6.48. The fraction of sp³-hybridized carbons (Fsp3) is 0.875. The molecule has 7 heteroatoms. The Balaban J connectivity index is 2.56. The van der Waals surface area contributed by atoms with Crippen molar-refractivity contribution in [2.45, 2.75) is 31.9 Å². The van der Waals surface area contributed by atoms with E-state index >= 15 is 0 Å². The lowest BCUT2D eigenvalue weighted by Crippen LogP contribution is -2.43. The maximum atomic E-state index is 11.5. The summed E-state index contributed by atoms with van der Waals surface area (Å²) < 4.78 is 25.5. The number of hydrogen-bond acceptors (Lipinski definition) is 4. The lowest BCUT2D eigenvalue weighted by molar-refractivity contribution is 0.307. The van der Waals surface area contributed by atoms with Crippen LogP contribution in [0.5, 0.6) is 0 Å². The van der Waals surface area contributed by atoms with Gasteiger partial charge in [0, 0.05) is 12.0 Å². The van der Waals surface area contributed by atoms with Crippen molar-refractivity contribution in [3.63, 3.8) is 0 Å². The van der Waals surface area contributed by atoms with E-state index in [0.29, 0.717) is 0 Å². The Labute approximate surface area is 89.6 Å². The first-order chi connectivity index (χ1) is 6.79. The largest absolute Gasteiger partial charge is 0.409 e. The van der Waals surface area contributed by atoms with Crippen molar-refractivity contribution in [2.75, 3.05) is 6.54 Å². The highest BCUT2D eigenvalue weighted by Crippen LogP contribution is 2.28. The lowest BCUT2D eigenvalue weighted by atomic mass is 9.93. The van der Waals surface area contributed by atoms with E-state index < -0.39 is 15.4 Å². The average Bonchev–Trinajstić information content (AvgIpc) is 2.97. The SMILES string of the molecule is CC(C)(CNS(=O)(=O)C1CC1)C(N)=NO. The number of oxime groups is 1. The van der Waals surface area contributed by atoms with Crippen LogP contribution in [0.25, 0.3) is 0 Å². The molecule has 0 atom stereocenters. The summed E-state index contributed by atoms with van der Waals surface area (Å²) in [6.07, 6.45) is 1.44. The molecule has 0 heterocycles. The van der Waals surface area contributed by atoms with Gasteiger partial charge in [0.05, 0.1) is 5.25 Å². The molecule has 1 aliphatic rings. The molecule has 0 aliphatic heterocycles. The van der Waals surface area contributed by atoms with Crippen LogP contribution in [0.2, 0.25) is 0 Å². The minimum atomic E-state index is -3.20. The molecule has 1 fully saturated rings. The van der Waals surface area contributed by atoms with Gasteiger partial charge in [-0.05, 0) is 12.8 Å². The zero-order valence-electron chi connectivity index (χ0n) is 8.90. The zero-order valence-corrected chi connectivity index (χ0v) is 9.71. The highest BCUT2D eigenvalue weighted by molar-refractivity contribution is 7.90. The Morgan fingerprint density at radius 2 is 2.13 bits per heavy atom. The summed E-state index contributed by atoms with van der Waals surface area (Å²) in [5.41, 5.74) is 4.75. The quantitative estimate of drug-likeness (QED) is 0.266. The Hall–Kier alpha value is -0.820. The molecule has 0 aromatic rings. The maximum Gasteiger partial charge on any atom is 0.214 e. The highest BCUT2D eigenvalue weighted by Gasteiger charge is 2.37. The molecule has 0 radical (unpaired) electrons. The molecule has 0 saturated heterocycles. The van der Waals surface area contributed by atoms with Crippen LogP contribution in [-0.2, 0) is 10.0 Å². The molecule has 0 aromatic heterocycles. The fourth-order valence-corrected chi connectivity index (χ4v) is 2.56. The van der Waals surface area contributed by atoms with Gasteiger partial charge < -0.3 is 10.9 Å². The minimum absolute atomic E-state index is 0.0148. The van der Waals surface area contributed by atoms with Gasteiger partial charge in [-0.2, -0.15) is 0 Å². The summed E-state index contributed by atoms with van der Waals surface area (Å²) >= 11 is 0. The molecule has 6 nitrogen and oxygen atoms in total. The second kappa shape index (κ2) is 3.97. The molecule has 0 aromatic carbocycles. The Morgan fingerprint density at radius 1 is 1.60 bits per heavy atom. The van der Waals surface area contributed by atoms with E-state index in [2.05, 4.69) is 9.88 Å². The third kappa shape index (κ3) is 3.07. The van der Waals surface area contributed by atoms with Gasteiger partial charge in [-0.3, -0.25) is 0 Å². The number of hydrogen-bond donors (Lipinski definition) is 3. The monoisotopic (exact) mass is 235 g/mol. The van der Waals surface area contributed by atoms with Gasteiger partial charge in [0.1, 0.15) is 5.84 Å². The van der Waals surface area contributed by atoms with Gasteiger partial charge in [0.25, 0.3) is 0 Å². The molecule has 1 aliphatic carbocycles. The molecule has 15 heavy (non-hydrogen) atoms. The van der Waals surface area contributed by atoms with Gasteiger partial charge in [-0.25, -0.2) is 13.1 Å². The summed E-state index contributed by atoms with van der Waals surface area (Å²) in [4.78, 5) is 0. The van der Waals surface area contributed by atoms with E-state index in [1.807, 2.05) is 0 Å². The topological polar surface area (TPSA) is 105 Å². The Bertz CT molecular complexity index is 357. The third-order valence-corrected chi connectivity index (χ3v) is 4.38. The van der Waals surface area contributed by atoms with Crippen LogP contribution < -0.4 is 10.5 Å². The molecule has 0 bridgehead atoms. The van der Waals surface area contributed by atoms with Crippen molar-refractivity contribution >= 4 is 15.9 Å². The molecule has 1 saturated carbocycles. The van der Waals surface area contributed by atoms with Crippen LogP contribution in [0.1, 0.15) is 26.7 Å². The molecule has 88 valence electrons. The molecule has 0 unspecified atom stereocenters. The average molecular weight is 235 g/mol. The lowest BCUT2D eigenvalue weighted by Gasteiger charge is -2.22. The van der Waals surface area contributed by atoms with Crippen LogP contribution in [0.3, 0.4) is 0 Å². The smallest absolute Gasteiger partial charge is 0.214 e. The van der Waals surface area contributed by atoms with Crippen LogP contribution in [0.15, 0.2) is 5.16 Å². The highest BCUT2D eigenvalue weighted by atomic mass is 32.2. The first-order valence-electron chi connectivity index (χ1n) is 4.76. The van der Waals surface area contributed by atoms with Gasteiger partial charge in [-0.15, -0.1) is 0 Å². The molecule has 4 N–H and O–H groups in total. The Morgan fingerprint density at radius 3 is 2.53 bits per heavy atom. The van der Waals surface area contributed by atoms with E-state index in [1.54, 1.807) is 13.8 Å². The zero-order chi connectivity index (χ0) is 11.7. The summed E-state index contributed by atoms with van der Waals surface area (Å²) in [5.74, 6) is 0.0148. The van der Waals surface area contributed by atoms with Gasteiger partial charge in [0.2, 0.25) is 10.0 Å². The van der Waals surface area contributed by atoms with Crippen LogP contribution >= 0.6 is 0 Å². The maximum absolute atomic E-state index is 11.5. The summed E-state index contributed by atoms with van der Waals surface area (Å²) in [5, 5.41) is 11.1. The number of sulfonamides is 1. The van der Waals surface area contributed by atoms with Crippen LogP contribution in [0.4, 0.5) is 0 Å². The fourth-order valence-electron chi connectivity index (χ4n) is 1.00. The van der Waals surface area contributed by atoms with Gasteiger partial charge in [0.15, 0.2) is 0 Å². The first-order valence-corrected chi connectivity index (χ1v) is 6.31. The number of nitrogens with one attached hydrogen (secondary N) is 1. The van der Waals surface area contributed by atoms with E-state index in [0.717, 1.165) is 12.8 Å². The van der Waals surface area contributed by atoms with E-state index in [4.69, 9.17) is 10.9 Å². The van der Waals surface area contributed by atoms with Crippen molar-refractivity contribution in [3.05, 3.63) is 0 Å². The van der Waals surface area contributed by atoms with E-state index in [1.165, 1.54) is 0 Å². The van der Waals surface area contributed by atoms with Crippen molar-refractivity contribution in [3.8, 4) is 0 Å². The standard InChI is InChI=1S/C8H17N3O3S/c1-8(2,7(9)11-12)5-10-15(13,14)6-3-4-6/h6,10,12H,3-5H2,1-2H3,(H2,9,11). The molecular weight excluding hydrogens is 218 g/mol. The number of rotatable bonds is 5. The summed E-state index contributed by atoms with van der Waals surface area (Å²) in [7, 11) is -3.20. The molecular formula is C8H17N3O3S. The molecule has 0 amide bonds. The van der Waals surface area contributed by atoms with Gasteiger partial charge in [-0.1, -0.05) is 19.0 Å². The number of nitrogens with zero attached hydrogens (tertiary/aromatic N) is 1. The Kier molecular flexibility index (Phi) is 3.25. The number of nitrogens with two attached hydrogens (primary N) is 1. The summed E-state index contributed by atoms with van der Waals surface area (Å²) in [6.45, 7) is 3.55.